The number of carbonyl (C=O) groups excluding carboxylic acids is 1. The Bertz CT molecular complexity index is 1180. The number of hydrogen-bond donors (Lipinski definition) is 1. The molecule has 0 saturated carbocycles. The van der Waals surface area contributed by atoms with Crippen LogP contribution in [-0.4, -0.2) is 22.4 Å². The summed E-state index contributed by atoms with van der Waals surface area (Å²) < 4.78 is 5.85. The summed E-state index contributed by atoms with van der Waals surface area (Å²) in [7, 11) is 0. The number of fused-ring (bicyclic) bond motifs is 1. The van der Waals surface area contributed by atoms with Crippen molar-refractivity contribution in [2.45, 2.75) is 10.9 Å². The smallest absolute Gasteiger partial charge is 0.288 e. The highest BCUT2D eigenvalue weighted by Crippen LogP contribution is 2.30. The number of thioether (sulfide) groups is 1. The highest BCUT2D eigenvalue weighted by Gasteiger charge is 2.20. The molecule has 2 aromatic carbocycles. The van der Waals surface area contributed by atoms with Crippen molar-refractivity contribution in [1.29, 1.82) is 0 Å². The molecule has 142 valence electrons. The third kappa shape index (κ3) is 4.65. The Morgan fingerprint density at radius 1 is 1.00 bits per heavy atom. The van der Waals surface area contributed by atoms with Crippen LogP contribution in [0.15, 0.2) is 82.6 Å². The van der Waals surface area contributed by atoms with E-state index in [9.17, 15) is 4.79 Å². The molecule has 0 saturated heterocycles. The molecule has 0 aliphatic carbocycles. The SMILES string of the molecule is O=C(NCC#Cc1ccccc1)c1oc2ccccc2c1CSc1ncccn1. The van der Waals surface area contributed by atoms with Gasteiger partial charge in [-0.05, 0) is 24.3 Å². The van der Waals surface area contributed by atoms with Gasteiger partial charge >= 0.3 is 0 Å². The third-order valence-electron chi connectivity index (χ3n) is 4.14. The summed E-state index contributed by atoms with van der Waals surface area (Å²) in [6, 6.07) is 19.0. The minimum atomic E-state index is -0.284. The number of para-hydroxylation sites is 1. The second-order valence-electron chi connectivity index (χ2n) is 6.08. The van der Waals surface area contributed by atoms with Gasteiger partial charge in [0, 0.05) is 34.7 Å². The van der Waals surface area contributed by atoms with E-state index in [-0.39, 0.29) is 12.5 Å². The number of nitrogens with one attached hydrogen (secondary N) is 1. The van der Waals surface area contributed by atoms with E-state index >= 15 is 0 Å². The molecule has 0 radical (unpaired) electrons. The van der Waals surface area contributed by atoms with Crippen LogP contribution in [0.3, 0.4) is 0 Å². The average molecular weight is 399 g/mol. The van der Waals surface area contributed by atoms with Crippen molar-refractivity contribution < 1.29 is 9.21 Å². The summed E-state index contributed by atoms with van der Waals surface area (Å²) >= 11 is 1.46. The van der Waals surface area contributed by atoms with E-state index in [2.05, 4.69) is 27.1 Å². The first-order valence-electron chi connectivity index (χ1n) is 9.03. The van der Waals surface area contributed by atoms with Gasteiger partial charge in [-0.3, -0.25) is 4.79 Å². The first kappa shape index (κ1) is 18.8. The first-order valence-corrected chi connectivity index (χ1v) is 10.0. The highest BCUT2D eigenvalue weighted by atomic mass is 32.2. The van der Waals surface area contributed by atoms with E-state index in [1.165, 1.54) is 11.8 Å². The zero-order valence-electron chi connectivity index (χ0n) is 15.5. The lowest BCUT2D eigenvalue weighted by molar-refractivity contribution is 0.0932. The summed E-state index contributed by atoms with van der Waals surface area (Å²) in [5, 5.41) is 4.39. The summed E-state index contributed by atoms with van der Waals surface area (Å²) in [6.45, 7) is 0.235. The second-order valence-corrected chi connectivity index (χ2v) is 7.02. The van der Waals surface area contributed by atoms with Crippen molar-refractivity contribution >= 4 is 28.6 Å². The van der Waals surface area contributed by atoms with Gasteiger partial charge in [-0.25, -0.2) is 9.97 Å². The van der Waals surface area contributed by atoms with Gasteiger partial charge < -0.3 is 9.73 Å². The largest absolute Gasteiger partial charge is 0.451 e. The van der Waals surface area contributed by atoms with E-state index in [4.69, 9.17) is 4.42 Å². The van der Waals surface area contributed by atoms with Crippen LogP contribution in [0, 0.1) is 11.8 Å². The summed E-state index contributed by atoms with van der Waals surface area (Å²) in [5.74, 6) is 6.53. The van der Waals surface area contributed by atoms with Gasteiger partial charge in [0.15, 0.2) is 10.9 Å². The Labute approximate surface area is 172 Å². The quantitative estimate of drug-likeness (QED) is 0.308. The number of furan rings is 1. The number of hydrogen-bond acceptors (Lipinski definition) is 5. The van der Waals surface area contributed by atoms with Crippen molar-refractivity contribution in [3.63, 3.8) is 0 Å². The van der Waals surface area contributed by atoms with Gasteiger partial charge in [-0.2, -0.15) is 0 Å². The molecule has 0 fully saturated rings. The van der Waals surface area contributed by atoms with Gasteiger partial charge in [0.05, 0.1) is 6.54 Å². The van der Waals surface area contributed by atoms with Crippen molar-refractivity contribution in [2.75, 3.05) is 6.54 Å². The highest BCUT2D eigenvalue weighted by molar-refractivity contribution is 7.98. The van der Waals surface area contributed by atoms with Crippen molar-refractivity contribution in [1.82, 2.24) is 15.3 Å². The van der Waals surface area contributed by atoms with Crippen molar-refractivity contribution in [2.24, 2.45) is 0 Å². The van der Waals surface area contributed by atoms with E-state index in [1.54, 1.807) is 18.5 Å². The Morgan fingerprint density at radius 3 is 2.59 bits per heavy atom. The van der Waals surface area contributed by atoms with Gasteiger partial charge in [-0.15, -0.1) is 0 Å². The zero-order chi connectivity index (χ0) is 19.9. The van der Waals surface area contributed by atoms with Crippen LogP contribution < -0.4 is 5.32 Å². The maximum atomic E-state index is 12.7. The molecule has 0 bridgehead atoms. The lowest BCUT2D eigenvalue weighted by Crippen LogP contribution is -2.24. The Balaban J connectivity index is 1.51. The molecule has 0 spiro atoms. The normalized spacial score (nSPS) is 10.3. The molecule has 6 heteroatoms. The predicted molar refractivity (Wildman–Crippen MR) is 113 cm³/mol. The molecule has 0 unspecified atom stereocenters. The fourth-order valence-corrected chi connectivity index (χ4v) is 3.63. The van der Waals surface area contributed by atoms with Crippen LogP contribution >= 0.6 is 11.8 Å². The first-order chi connectivity index (χ1) is 14.3. The predicted octanol–water partition coefficient (Wildman–Crippen LogP) is 4.30. The molecule has 1 N–H and O–H groups in total. The maximum Gasteiger partial charge on any atom is 0.288 e. The summed E-state index contributed by atoms with van der Waals surface area (Å²) in [4.78, 5) is 21.2. The Kier molecular flexibility index (Phi) is 5.89. The monoisotopic (exact) mass is 399 g/mol. The van der Waals surface area contributed by atoms with E-state index in [0.717, 1.165) is 16.5 Å². The van der Waals surface area contributed by atoms with E-state index in [0.29, 0.717) is 22.3 Å². The fourth-order valence-electron chi connectivity index (χ4n) is 2.79. The number of amides is 1. The Hall–Kier alpha value is -3.56. The standard InChI is InChI=1S/C23H17N3O2S/c27-22(24-13-6-10-17-8-2-1-3-9-17)21-19(16-29-23-25-14-7-15-26-23)18-11-4-5-12-20(18)28-21/h1-5,7-9,11-12,14-15H,13,16H2,(H,24,27). The van der Waals surface area contributed by atoms with Crippen LogP contribution in [-0.2, 0) is 5.75 Å². The molecule has 4 aromatic rings. The molecule has 2 heterocycles. The molecule has 5 nitrogen and oxygen atoms in total. The van der Waals surface area contributed by atoms with Gasteiger partial charge in [0.1, 0.15) is 5.58 Å². The molecule has 0 atom stereocenters. The Morgan fingerprint density at radius 2 is 1.76 bits per heavy atom. The van der Waals surface area contributed by atoms with Crippen molar-refractivity contribution in [3.05, 3.63) is 89.9 Å². The molecular weight excluding hydrogens is 382 g/mol. The molecule has 2 aromatic heterocycles. The van der Waals surface area contributed by atoms with Crippen LogP contribution in [0.2, 0.25) is 0 Å². The van der Waals surface area contributed by atoms with Crippen LogP contribution in [0.4, 0.5) is 0 Å². The second kappa shape index (κ2) is 9.09. The van der Waals surface area contributed by atoms with Crippen LogP contribution in [0.1, 0.15) is 21.7 Å². The lowest BCUT2D eigenvalue weighted by atomic mass is 10.1. The number of nitrogens with zero attached hydrogens (tertiary/aromatic N) is 2. The molecule has 1 amide bonds. The zero-order valence-corrected chi connectivity index (χ0v) is 16.3. The fraction of sp³-hybridized carbons (Fsp3) is 0.0870. The van der Waals surface area contributed by atoms with Gasteiger partial charge in [0.25, 0.3) is 5.91 Å². The topological polar surface area (TPSA) is 68.0 Å². The van der Waals surface area contributed by atoms with E-state index in [1.807, 2.05) is 54.6 Å². The minimum Gasteiger partial charge on any atom is -0.451 e. The number of carbonyl (C=O) groups is 1. The molecular formula is C23H17N3O2S. The average Bonchev–Trinajstić information content (AvgIpc) is 3.15. The molecule has 0 aliphatic rings. The summed E-state index contributed by atoms with van der Waals surface area (Å²) in [6.07, 6.45) is 3.39. The molecule has 4 rings (SSSR count). The maximum absolute atomic E-state index is 12.7. The molecule has 29 heavy (non-hydrogen) atoms. The molecule has 0 aliphatic heterocycles. The van der Waals surface area contributed by atoms with Crippen molar-refractivity contribution in [3.8, 4) is 11.8 Å². The summed E-state index contributed by atoms with van der Waals surface area (Å²) in [5.41, 5.74) is 2.41. The number of aromatic nitrogens is 2. The van der Waals surface area contributed by atoms with Crippen LogP contribution in [0.25, 0.3) is 11.0 Å². The van der Waals surface area contributed by atoms with Crippen LogP contribution in [0.5, 0.6) is 0 Å². The minimum absolute atomic E-state index is 0.235. The van der Waals surface area contributed by atoms with Gasteiger partial charge in [-0.1, -0.05) is 60.0 Å². The lowest BCUT2D eigenvalue weighted by Gasteiger charge is -2.03. The van der Waals surface area contributed by atoms with Gasteiger partial charge in [0.2, 0.25) is 0 Å². The number of rotatable bonds is 5. The number of benzene rings is 2. The van der Waals surface area contributed by atoms with E-state index < -0.39 is 0 Å². The third-order valence-corrected chi connectivity index (χ3v) is 5.04.